The Bertz CT molecular complexity index is 575. The molecule has 0 atom stereocenters. The van der Waals surface area contributed by atoms with Crippen LogP contribution < -0.4 is 0 Å². The number of aliphatic carboxylic acids is 1. The first kappa shape index (κ1) is 12.7. The molecule has 7 nitrogen and oxygen atoms in total. The lowest BCUT2D eigenvalue weighted by molar-refractivity contribution is -0.147. The minimum absolute atomic E-state index is 0.169. The highest BCUT2D eigenvalue weighted by atomic mass is 79.9. The second kappa shape index (κ2) is 4.52. The molecule has 1 N–H and O–H groups in total. The summed E-state index contributed by atoms with van der Waals surface area (Å²) in [5.41, 5.74) is -0.276. The molecule has 0 bridgehead atoms. The average Bonchev–Trinajstić information content (AvgIpc) is 2.86. The van der Waals surface area contributed by atoms with E-state index in [1.807, 2.05) is 0 Å². The van der Waals surface area contributed by atoms with Gasteiger partial charge in [0.25, 0.3) is 0 Å². The largest absolute Gasteiger partial charge is 0.481 e. The van der Waals surface area contributed by atoms with E-state index in [9.17, 15) is 4.79 Å². The first-order valence-corrected chi connectivity index (χ1v) is 5.94. The summed E-state index contributed by atoms with van der Waals surface area (Å²) in [6, 6.07) is 1.71. The molecule has 0 aromatic carbocycles. The Kier molecular flexibility index (Phi) is 3.20. The van der Waals surface area contributed by atoms with Crippen molar-refractivity contribution < 1.29 is 14.3 Å². The third kappa shape index (κ3) is 2.28. The van der Waals surface area contributed by atoms with Crippen LogP contribution in [0, 0.1) is 5.41 Å². The standard InChI is InChI=1S/C10H11BrN4O3/c1-10(2,9(16)17)5-15-8(12-13-14-15)6-3-4-18-7(6)11/h3-4H,5H2,1-2H3,(H,16,17). The summed E-state index contributed by atoms with van der Waals surface area (Å²) in [6.45, 7) is 3.40. The minimum atomic E-state index is -0.958. The minimum Gasteiger partial charge on any atom is -0.481 e. The smallest absolute Gasteiger partial charge is 0.310 e. The van der Waals surface area contributed by atoms with Crippen LogP contribution in [0.15, 0.2) is 21.4 Å². The van der Waals surface area contributed by atoms with Gasteiger partial charge in [-0.2, -0.15) is 0 Å². The molecule has 96 valence electrons. The summed E-state index contributed by atoms with van der Waals surface area (Å²) in [4.78, 5) is 11.1. The molecule has 0 saturated carbocycles. The molecular formula is C10H11BrN4O3. The molecule has 0 saturated heterocycles. The Labute approximate surface area is 111 Å². The normalized spacial score (nSPS) is 11.7. The van der Waals surface area contributed by atoms with Crippen LogP contribution in [0.3, 0.4) is 0 Å². The number of hydrogen-bond acceptors (Lipinski definition) is 5. The number of aromatic nitrogens is 4. The fourth-order valence-electron chi connectivity index (χ4n) is 1.40. The van der Waals surface area contributed by atoms with Gasteiger partial charge < -0.3 is 9.52 Å². The number of carboxylic acids is 1. The predicted molar refractivity (Wildman–Crippen MR) is 64.6 cm³/mol. The van der Waals surface area contributed by atoms with Crippen LogP contribution in [0.2, 0.25) is 0 Å². The molecule has 0 aliphatic rings. The molecule has 2 aromatic rings. The molecule has 8 heteroatoms. The van der Waals surface area contributed by atoms with Gasteiger partial charge in [-0.1, -0.05) is 0 Å². The van der Waals surface area contributed by atoms with E-state index in [2.05, 4.69) is 31.5 Å². The van der Waals surface area contributed by atoms with E-state index < -0.39 is 11.4 Å². The van der Waals surface area contributed by atoms with Crippen LogP contribution in [-0.2, 0) is 11.3 Å². The highest BCUT2D eigenvalue weighted by Gasteiger charge is 2.30. The molecule has 18 heavy (non-hydrogen) atoms. The van der Waals surface area contributed by atoms with Gasteiger partial charge in [-0.25, -0.2) is 4.68 Å². The van der Waals surface area contributed by atoms with E-state index in [-0.39, 0.29) is 6.54 Å². The summed E-state index contributed by atoms with van der Waals surface area (Å²) in [5.74, 6) is -0.444. The molecule has 0 aliphatic heterocycles. The van der Waals surface area contributed by atoms with E-state index >= 15 is 0 Å². The van der Waals surface area contributed by atoms with Crippen molar-refractivity contribution in [1.29, 1.82) is 0 Å². The summed E-state index contributed by atoms with van der Waals surface area (Å²) in [6.07, 6.45) is 1.50. The zero-order chi connectivity index (χ0) is 13.3. The number of furan rings is 1. The number of hydrogen-bond donors (Lipinski definition) is 1. The molecule has 0 fully saturated rings. The first-order chi connectivity index (χ1) is 8.42. The quantitative estimate of drug-likeness (QED) is 0.924. The number of tetrazole rings is 1. The van der Waals surface area contributed by atoms with Gasteiger partial charge in [0.2, 0.25) is 0 Å². The summed E-state index contributed by atoms with van der Waals surface area (Å²) in [5, 5.41) is 20.4. The average molecular weight is 315 g/mol. The van der Waals surface area contributed by atoms with Crippen molar-refractivity contribution in [1.82, 2.24) is 20.2 Å². The number of carboxylic acid groups (broad SMARTS) is 1. The van der Waals surface area contributed by atoms with Crippen LogP contribution in [0.5, 0.6) is 0 Å². The zero-order valence-corrected chi connectivity index (χ0v) is 11.4. The van der Waals surface area contributed by atoms with Crippen molar-refractivity contribution in [2.75, 3.05) is 0 Å². The topological polar surface area (TPSA) is 94.0 Å². The van der Waals surface area contributed by atoms with E-state index in [0.717, 1.165) is 0 Å². The highest BCUT2D eigenvalue weighted by molar-refractivity contribution is 9.10. The van der Waals surface area contributed by atoms with Crippen LogP contribution in [0.1, 0.15) is 13.8 Å². The maximum Gasteiger partial charge on any atom is 0.310 e. The van der Waals surface area contributed by atoms with Crippen molar-refractivity contribution in [3.8, 4) is 11.4 Å². The van der Waals surface area contributed by atoms with Gasteiger partial charge in [0.1, 0.15) is 0 Å². The zero-order valence-electron chi connectivity index (χ0n) is 9.79. The van der Waals surface area contributed by atoms with Gasteiger partial charge in [0.15, 0.2) is 10.5 Å². The molecule has 2 rings (SSSR count). The van der Waals surface area contributed by atoms with E-state index in [1.165, 1.54) is 10.9 Å². The lowest BCUT2D eigenvalue weighted by Crippen LogP contribution is -2.30. The van der Waals surface area contributed by atoms with E-state index in [4.69, 9.17) is 9.52 Å². The fraction of sp³-hybridized carbons (Fsp3) is 0.400. The van der Waals surface area contributed by atoms with Crippen molar-refractivity contribution >= 4 is 21.9 Å². The van der Waals surface area contributed by atoms with Crippen molar-refractivity contribution in [2.24, 2.45) is 5.41 Å². The van der Waals surface area contributed by atoms with Crippen LogP contribution in [-0.4, -0.2) is 31.3 Å². The number of carbonyl (C=O) groups is 1. The van der Waals surface area contributed by atoms with Crippen LogP contribution in [0.25, 0.3) is 11.4 Å². The van der Waals surface area contributed by atoms with Gasteiger partial charge in [-0.3, -0.25) is 4.79 Å². The SMILES string of the molecule is CC(C)(Cn1nnnc1-c1ccoc1Br)C(=O)O. The molecule has 0 unspecified atom stereocenters. The third-order valence-electron chi connectivity index (χ3n) is 2.51. The summed E-state index contributed by atoms with van der Waals surface area (Å²) >= 11 is 3.24. The number of nitrogens with zero attached hydrogens (tertiary/aromatic N) is 4. The molecule has 0 spiro atoms. The molecule has 2 aromatic heterocycles. The van der Waals surface area contributed by atoms with Gasteiger partial charge in [-0.05, 0) is 46.3 Å². The van der Waals surface area contributed by atoms with Crippen molar-refractivity contribution in [2.45, 2.75) is 20.4 Å². The van der Waals surface area contributed by atoms with Crippen LogP contribution >= 0.6 is 15.9 Å². The van der Waals surface area contributed by atoms with Crippen molar-refractivity contribution in [3.63, 3.8) is 0 Å². The third-order valence-corrected chi connectivity index (χ3v) is 3.13. The lowest BCUT2D eigenvalue weighted by Gasteiger charge is -2.18. The second-order valence-corrected chi connectivity index (χ2v) is 5.18. The Morgan fingerprint density at radius 1 is 1.61 bits per heavy atom. The Balaban J connectivity index is 2.35. The maximum absolute atomic E-state index is 11.1. The van der Waals surface area contributed by atoms with Gasteiger partial charge in [-0.15, -0.1) is 5.10 Å². The Hall–Kier alpha value is -1.70. The number of rotatable bonds is 4. The van der Waals surface area contributed by atoms with E-state index in [1.54, 1.807) is 19.9 Å². The Morgan fingerprint density at radius 3 is 2.89 bits per heavy atom. The fourth-order valence-corrected chi connectivity index (χ4v) is 1.82. The molecule has 0 amide bonds. The summed E-state index contributed by atoms with van der Waals surface area (Å²) < 4.78 is 7.07. The monoisotopic (exact) mass is 314 g/mol. The second-order valence-electron chi connectivity index (χ2n) is 4.46. The van der Waals surface area contributed by atoms with Crippen LogP contribution in [0.4, 0.5) is 0 Å². The lowest BCUT2D eigenvalue weighted by atomic mass is 9.94. The van der Waals surface area contributed by atoms with Crippen molar-refractivity contribution in [3.05, 3.63) is 17.0 Å². The maximum atomic E-state index is 11.1. The molecule has 0 radical (unpaired) electrons. The van der Waals surface area contributed by atoms with E-state index in [0.29, 0.717) is 16.1 Å². The first-order valence-electron chi connectivity index (χ1n) is 5.15. The highest BCUT2D eigenvalue weighted by Crippen LogP contribution is 2.28. The summed E-state index contributed by atoms with van der Waals surface area (Å²) in [7, 11) is 0. The van der Waals surface area contributed by atoms with Gasteiger partial charge >= 0.3 is 5.97 Å². The molecule has 0 aliphatic carbocycles. The Morgan fingerprint density at radius 2 is 2.33 bits per heavy atom. The number of halogens is 1. The molecular weight excluding hydrogens is 304 g/mol. The van der Waals surface area contributed by atoms with Gasteiger partial charge in [0, 0.05) is 0 Å². The van der Waals surface area contributed by atoms with Gasteiger partial charge in [0.05, 0.1) is 23.8 Å². The molecule has 2 heterocycles. The predicted octanol–water partition coefficient (Wildman–Crippen LogP) is 1.81.